The number of unbranched alkanes of at least 4 members (excludes halogenated alkanes) is 37. The Morgan fingerprint density at radius 2 is 0.532 bits per heavy atom. The second-order valence-corrected chi connectivity index (χ2v) is 22.7. The van der Waals surface area contributed by atoms with Gasteiger partial charge in [-0.05, 0) is 83.5 Å². The smallest absolute Gasteiger partial charge is 0.306 e. The van der Waals surface area contributed by atoms with Gasteiger partial charge in [-0.15, -0.1) is 0 Å². The predicted molar refractivity (Wildman–Crippen MR) is 344 cm³/mol. The Morgan fingerprint density at radius 1 is 0.266 bits per heavy atom. The second-order valence-electron chi connectivity index (χ2n) is 22.7. The quantitative estimate of drug-likeness (QED) is 0.0261. The molecule has 0 aliphatic rings. The van der Waals surface area contributed by atoms with E-state index in [1.165, 1.54) is 186 Å². The van der Waals surface area contributed by atoms with Crippen LogP contribution >= 0.6 is 0 Å². The predicted octanol–water partition coefficient (Wildman–Crippen LogP) is 23.4. The summed E-state index contributed by atoms with van der Waals surface area (Å²) in [5, 5.41) is 0. The van der Waals surface area contributed by atoms with Gasteiger partial charge in [0, 0.05) is 19.3 Å². The molecular weight excluding hydrogens is 973 g/mol. The lowest BCUT2D eigenvalue weighted by molar-refractivity contribution is -0.167. The van der Waals surface area contributed by atoms with Crippen molar-refractivity contribution >= 4 is 17.9 Å². The van der Waals surface area contributed by atoms with Crippen molar-refractivity contribution in [2.24, 2.45) is 0 Å². The first-order chi connectivity index (χ1) is 39.0. The van der Waals surface area contributed by atoms with E-state index in [9.17, 15) is 14.4 Å². The maximum absolute atomic E-state index is 12.9. The fourth-order valence-electron chi connectivity index (χ4n) is 9.81. The fourth-order valence-corrected chi connectivity index (χ4v) is 9.81. The van der Waals surface area contributed by atoms with E-state index in [1.54, 1.807) is 0 Å². The molecule has 0 radical (unpaired) electrons. The van der Waals surface area contributed by atoms with Crippen LogP contribution in [-0.2, 0) is 28.6 Å². The second kappa shape index (κ2) is 67.1. The summed E-state index contributed by atoms with van der Waals surface area (Å²) in [5.74, 6) is -0.963. The zero-order valence-corrected chi connectivity index (χ0v) is 52.4. The van der Waals surface area contributed by atoms with Crippen LogP contribution in [0, 0.1) is 0 Å². The van der Waals surface area contributed by atoms with Gasteiger partial charge < -0.3 is 14.2 Å². The summed E-state index contributed by atoms with van der Waals surface area (Å²) in [6, 6.07) is 0. The van der Waals surface area contributed by atoms with Crippen LogP contribution in [0.5, 0.6) is 0 Å². The van der Waals surface area contributed by atoms with Gasteiger partial charge in [0.25, 0.3) is 0 Å². The number of carbonyl (C=O) groups excluding carboxylic acids is 3. The third kappa shape index (κ3) is 65.3. The van der Waals surface area contributed by atoms with Gasteiger partial charge in [-0.2, -0.15) is 0 Å². The molecule has 0 aliphatic carbocycles. The summed E-state index contributed by atoms with van der Waals surface area (Å²) in [7, 11) is 0. The molecule has 0 aromatic heterocycles. The van der Waals surface area contributed by atoms with Crippen molar-refractivity contribution in [3.63, 3.8) is 0 Å². The highest BCUT2D eigenvalue weighted by Gasteiger charge is 2.19. The van der Waals surface area contributed by atoms with Gasteiger partial charge >= 0.3 is 17.9 Å². The van der Waals surface area contributed by atoms with Gasteiger partial charge in [0.15, 0.2) is 6.10 Å². The third-order valence-electron chi connectivity index (χ3n) is 14.9. The highest BCUT2D eigenvalue weighted by Crippen LogP contribution is 2.18. The first kappa shape index (κ1) is 75.6. The Hall–Kier alpha value is -3.41. The first-order valence-electron chi connectivity index (χ1n) is 34.1. The van der Waals surface area contributed by atoms with Crippen molar-refractivity contribution in [1.29, 1.82) is 0 Å². The molecule has 0 amide bonds. The molecule has 6 nitrogen and oxygen atoms in total. The van der Waals surface area contributed by atoms with E-state index >= 15 is 0 Å². The molecule has 0 saturated carbocycles. The van der Waals surface area contributed by atoms with Crippen LogP contribution in [0.15, 0.2) is 85.1 Å². The fraction of sp³-hybridized carbons (Fsp3) is 0.767. The Balaban J connectivity index is 4.20. The summed E-state index contributed by atoms with van der Waals surface area (Å²) < 4.78 is 16.9. The minimum Gasteiger partial charge on any atom is -0.462 e. The summed E-state index contributed by atoms with van der Waals surface area (Å²) >= 11 is 0. The molecule has 0 saturated heterocycles. The monoisotopic (exact) mass is 1100 g/mol. The largest absolute Gasteiger partial charge is 0.462 e. The molecule has 0 rings (SSSR count). The number of hydrogen-bond donors (Lipinski definition) is 0. The molecule has 0 bridgehead atoms. The number of carbonyl (C=O) groups is 3. The minimum atomic E-state index is -0.812. The molecule has 0 spiro atoms. The maximum atomic E-state index is 12.9. The summed E-state index contributed by atoms with van der Waals surface area (Å²) in [5.41, 5.74) is 0. The maximum Gasteiger partial charge on any atom is 0.306 e. The van der Waals surface area contributed by atoms with Crippen molar-refractivity contribution in [1.82, 2.24) is 0 Å². The SMILES string of the molecule is CC/C=C\C/C=C\C/C=C\C/C=C\C/C=C\CCCC(=O)OC(COC(=O)CCCCCCC/C=C\C/C=C\CCC)COC(=O)CCCCCCCCCCCCCCCCCCCCCCCCCCCCCCCCC. The molecule has 1 atom stereocenters. The number of esters is 3. The molecule has 0 aromatic carbocycles. The number of allylic oxidation sites excluding steroid dienone is 14. The normalized spacial score (nSPS) is 12.6. The standard InChI is InChI=1S/C73H128O6/c1-4-7-10-13-16-19-22-25-27-29-30-31-32-33-34-35-36-37-38-39-40-41-42-44-45-48-51-54-57-60-63-66-72(75)78-69-70(68-77-71(74)65-62-59-56-53-50-47-24-21-18-15-12-9-6-3)79-73(76)67-64-61-58-55-52-49-46-43-28-26-23-20-17-14-11-8-5-2/h8,11-12,15,17,20-21,24,26,28,46,49,55,58,70H,4-7,9-10,13-14,16,18-19,22-23,25,27,29-45,47-48,50-54,56-57,59-69H2,1-3H3/b11-8-,15-12-,20-17-,24-21-,28-26-,49-46-,58-55-. The molecule has 6 heteroatoms. The number of rotatable bonds is 62. The zero-order chi connectivity index (χ0) is 57.1. The van der Waals surface area contributed by atoms with Gasteiger partial charge in [0.2, 0.25) is 0 Å². The Kier molecular flexibility index (Phi) is 64.2. The molecule has 0 aliphatic heterocycles. The first-order valence-corrected chi connectivity index (χ1v) is 34.1. The van der Waals surface area contributed by atoms with Crippen molar-refractivity contribution < 1.29 is 28.6 Å². The lowest BCUT2D eigenvalue weighted by Gasteiger charge is -2.18. The Labute approximate surface area is 490 Å². The van der Waals surface area contributed by atoms with E-state index in [0.717, 1.165) is 109 Å². The van der Waals surface area contributed by atoms with Crippen molar-refractivity contribution in [2.75, 3.05) is 13.2 Å². The van der Waals surface area contributed by atoms with E-state index in [4.69, 9.17) is 14.2 Å². The number of ether oxygens (including phenoxy) is 3. The molecule has 0 aromatic rings. The van der Waals surface area contributed by atoms with Gasteiger partial charge in [-0.3, -0.25) is 14.4 Å². The van der Waals surface area contributed by atoms with Gasteiger partial charge in [-0.25, -0.2) is 0 Å². The van der Waals surface area contributed by atoms with Gasteiger partial charge in [0.05, 0.1) is 0 Å². The van der Waals surface area contributed by atoms with Crippen LogP contribution in [-0.4, -0.2) is 37.2 Å². The van der Waals surface area contributed by atoms with Crippen LogP contribution in [0.3, 0.4) is 0 Å². The van der Waals surface area contributed by atoms with Crippen LogP contribution < -0.4 is 0 Å². The van der Waals surface area contributed by atoms with E-state index in [2.05, 4.69) is 106 Å². The summed E-state index contributed by atoms with van der Waals surface area (Å²) in [4.78, 5) is 38.3. The van der Waals surface area contributed by atoms with Crippen LogP contribution in [0.25, 0.3) is 0 Å². The van der Waals surface area contributed by atoms with Crippen LogP contribution in [0.2, 0.25) is 0 Å². The average molecular weight is 1100 g/mol. The average Bonchev–Trinajstić information content (AvgIpc) is 3.45. The molecule has 1 unspecified atom stereocenters. The van der Waals surface area contributed by atoms with Gasteiger partial charge in [-0.1, -0.05) is 324 Å². The van der Waals surface area contributed by atoms with E-state index in [0.29, 0.717) is 19.3 Å². The van der Waals surface area contributed by atoms with E-state index < -0.39 is 6.10 Å². The minimum absolute atomic E-state index is 0.101. The molecule has 0 N–H and O–H groups in total. The highest BCUT2D eigenvalue weighted by molar-refractivity contribution is 5.71. The van der Waals surface area contributed by atoms with Crippen LogP contribution in [0.4, 0.5) is 0 Å². The van der Waals surface area contributed by atoms with Crippen molar-refractivity contribution in [2.45, 2.75) is 348 Å². The van der Waals surface area contributed by atoms with E-state index in [-0.39, 0.29) is 37.5 Å². The van der Waals surface area contributed by atoms with E-state index in [1.807, 2.05) is 0 Å². The molecule has 0 heterocycles. The lowest BCUT2D eigenvalue weighted by Crippen LogP contribution is -2.30. The van der Waals surface area contributed by atoms with Gasteiger partial charge in [0.1, 0.15) is 13.2 Å². The summed E-state index contributed by atoms with van der Waals surface area (Å²) in [6.07, 6.45) is 89.2. The molecule has 456 valence electrons. The Morgan fingerprint density at radius 3 is 0.861 bits per heavy atom. The topological polar surface area (TPSA) is 78.9 Å². The number of hydrogen-bond acceptors (Lipinski definition) is 6. The zero-order valence-electron chi connectivity index (χ0n) is 52.4. The molecule has 0 fully saturated rings. The highest BCUT2D eigenvalue weighted by atomic mass is 16.6. The van der Waals surface area contributed by atoms with Crippen molar-refractivity contribution in [3.8, 4) is 0 Å². The lowest BCUT2D eigenvalue weighted by atomic mass is 10.0. The molecule has 79 heavy (non-hydrogen) atoms. The van der Waals surface area contributed by atoms with Crippen LogP contribution in [0.1, 0.15) is 342 Å². The Bertz CT molecular complexity index is 1500. The third-order valence-corrected chi connectivity index (χ3v) is 14.9. The molecular formula is C73H128O6. The summed E-state index contributed by atoms with van der Waals surface area (Å²) in [6.45, 7) is 6.44. The van der Waals surface area contributed by atoms with Crippen molar-refractivity contribution in [3.05, 3.63) is 85.1 Å².